The number of phenolic OH excluding ortho intramolecular Hbond substituents is 1. The number of benzene rings is 3. The topological polar surface area (TPSA) is 79.8 Å². The summed E-state index contributed by atoms with van der Waals surface area (Å²) < 4.78 is 10.7. The molecule has 0 fully saturated rings. The molecule has 1 aliphatic heterocycles. The number of phenols is 1. The van der Waals surface area contributed by atoms with E-state index in [1.807, 2.05) is 60.7 Å². The predicted molar refractivity (Wildman–Crippen MR) is 128 cm³/mol. The minimum Gasteiger partial charge on any atom is -0.504 e. The van der Waals surface area contributed by atoms with Crippen molar-refractivity contribution < 1.29 is 19.4 Å². The van der Waals surface area contributed by atoms with Gasteiger partial charge < -0.3 is 25.2 Å². The molecule has 2 unspecified atom stereocenters. The van der Waals surface area contributed by atoms with Crippen LogP contribution >= 0.6 is 0 Å². The van der Waals surface area contributed by atoms with Gasteiger partial charge in [-0.15, -0.1) is 0 Å². The van der Waals surface area contributed by atoms with Crippen LogP contribution in [0.5, 0.6) is 17.2 Å². The highest BCUT2D eigenvalue weighted by Gasteiger charge is 2.37. The molecule has 0 spiro atoms. The zero-order chi connectivity index (χ0) is 22.9. The van der Waals surface area contributed by atoms with E-state index in [-0.39, 0.29) is 17.5 Å². The van der Waals surface area contributed by atoms with Crippen molar-refractivity contribution in [1.29, 1.82) is 0 Å². The van der Waals surface area contributed by atoms with Crippen LogP contribution in [0, 0.1) is 0 Å². The number of carbonyl (C=O) groups excluding carboxylic acids is 1. The molecule has 0 saturated heterocycles. The molecule has 6 nitrogen and oxygen atoms in total. The van der Waals surface area contributed by atoms with Gasteiger partial charge in [0.1, 0.15) is 5.75 Å². The maximum absolute atomic E-state index is 13.6. The summed E-state index contributed by atoms with van der Waals surface area (Å²) in [5.74, 6) is 1.26. The highest BCUT2D eigenvalue weighted by atomic mass is 16.5. The number of nitrogens with one attached hydrogen (secondary N) is 2. The minimum atomic E-state index is -0.509. The van der Waals surface area contributed by atoms with Gasteiger partial charge in [0, 0.05) is 23.3 Å². The molecule has 2 aliphatic rings. The Bertz CT molecular complexity index is 1250. The fourth-order valence-corrected chi connectivity index (χ4v) is 4.79. The van der Waals surface area contributed by atoms with Crippen molar-refractivity contribution in [3.63, 3.8) is 0 Å². The maximum atomic E-state index is 13.6. The molecule has 2 atom stereocenters. The van der Waals surface area contributed by atoms with Crippen LogP contribution in [-0.4, -0.2) is 25.1 Å². The zero-order valence-electron chi connectivity index (χ0n) is 18.6. The monoisotopic (exact) mass is 442 g/mol. The Morgan fingerprint density at radius 1 is 0.909 bits per heavy atom. The number of hydrogen-bond acceptors (Lipinski definition) is 6. The molecule has 0 radical (unpaired) electrons. The van der Waals surface area contributed by atoms with E-state index in [1.54, 1.807) is 13.2 Å². The SMILES string of the molecule is COc1cccc(C2CC(=O)C3=C(C2)Nc2ccccc2NC3c2cccc(OC)c2O)c1. The van der Waals surface area contributed by atoms with E-state index in [0.29, 0.717) is 29.7 Å². The Balaban J connectivity index is 1.62. The second kappa shape index (κ2) is 8.54. The van der Waals surface area contributed by atoms with Crippen LogP contribution in [0.4, 0.5) is 11.4 Å². The smallest absolute Gasteiger partial charge is 0.163 e. The minimum absolute atomic E-state index is 0.0312. The Morgan fingerprint density at radius 3 is 2.48 bits per heavy atom. The van der Waals surface area contributed by atoms with Gasteiger partial charge in [0.15, 0.2) is 17.3 Å². The van der Waals surface area contributed by atoms with Crippen LogP contribution in [0.2, 0.25) is 0 Å². The van der Waals surface area contributed by atoms with Gasteiger partial charge in [-0.25, -0.2) is 0 Å². The van der Waals surface area contributed by atoms with Crippen LogP contribution in [0.15, 0.2) is 78.0 Å². The molecule has 6 heteroatoms. The summed E-state index contributed by atoms with van der Waals surface area (Å²) in [6.07, 6.45) is 1.05. The highest BCUT2D eigenvalue weighted by Crippen LogP contribution is 2.47. The van der Waals surface area contributed by atoms with Crippen molar-refractivity contribution >= 4 is 17.2 Å². The van der Waals surface area contributed by atoms with Crippen LogP contribution in [0.3, 0.4) is 0 Å². The van der Waals surface area contributed by atoms with Crippen molar-refractivity contribution in [2.75, 3.05) is 24.9 Å². The van der Waals surface area contributed by atoms with Gasteiger partial charge >= 0.3 is 0 Å². The number of fused-ring (bicyclic) bond motifs is 1. The number of methoxy groups -OCH3 is 2. The number of aromatic hydroxyl groups is 1. The number of allylic oxidation sites excluding steroid dienone is 1. The van der Waals surface area contributed by atoms with Crippen molar-refractivity contribution in [3.8, 4) is 17.2 Å². The van der Waals surface area contributed by atoms with Crippen molar-refractivity contribution in [2.45, 2.75) is 24.8 Å². The predicted octanol–water partition coefficient (Wildman–Crippen LogP) is 5.39. The van der Waals surface area contributed by atoms with Crippen LogP contribution in [0.25, 0.3) is 0 Å². The highest BCUT2D eigenvalue weighted by molar-refractivity contribution is 6.01. The zero-order valence-corrected chi connectivity index (χ0v) is 18.6. The standard InChI is InChI=1S/C27H26N2O4/c1-32-18-8-5-7-16(13-18)17-14-22-25(23(30)15-17)26(19-9-6-12-24(33-2)27(19)31)29-21-11-4-3-10-20(21)28-22/h3-13,17,26,28-29,31H,14-15H2,1-2H3. The quantitative estimate of drug-likeness (QED) is 0.503. The number of ketones is 1. The second-order valence-corrected chi connectivity index (χ2v) is 8.34. The molecule has 3 aromatic rings. The summed E-state index contributed by atoms with van der Waals surface area (Å²) in [5.41, 5.74) is 4.95. The lowest BCUT2D eigenvalue weighted by atomic mass is 9.78. The molecule has 1 heterocycles. The summed E-state index contributed by atoms with van der Waals surface area (Å²) in [5, 5.41) is 17.9. The van der Waals surface area contributed by atoms with Crippen LogP contribution in [0.1, 0.15) is 35.9 Å². The van der Waals surface area contributed by atoms with Gasteiger partial charge in [-0.05, 0) is 48.2 Å². The molecule has 1 aliphatic carbocycles. The number of carbonyl (C=O) groups is 1. The number of Topliss-reactive ketones (excluding diaryl/α,β-unsaturated/α-hetero) is 1. The van der Waals surface area contributed by atoms with Gasteiger partial charge in [0.05, 0.1) is 31.6 Å². The molecule has 33 heavy (non-hydrogen) atoms. The Morgan fingerprint density at radius 2 is 1.70 bits per heavy atom. The molecule has 0 amide bonds. The van der Waals surface area contributed by atoms with Gasteiger partial charge in [-0.2, -0.15) is 0 Å². The van der Waals surface area contributed by atoms with Crippen molar-refractivity contribution in [1.82, 2.24) is 0 Å². The third-order valence-electron chi connectivity index (χ3n) is 6.44. The molecule has 168 valence electrons. The molecule has 0 saturated carbocycles. The first-order valence-corrected chi connectivity index (χ1v) is 11.0. The van der Waals surface area contributed by atoms with E-state index >= 15 is 0 Å². The van der Waals surface area contributed by atoms with Gasteiger partial charge in [-0.3, -0.25) is 4.79 Å². The molecule has 0 aromatic heterocycles. The lowest BCUT2D eigenvalue weighted by Gasteiger charge is -2.30. The number of rotatable bonds is 4. The third kappa shape index (κ3) is 3.78. The number of hydrogen-bond donors (Lipinski definition) is 3. The fraction of sp³-hybridized carbons (Fsp3) is 0.222. The second-order valence-electron chi connectivity index (χ2n) is 8.34. The number of anilines is 2. The van der Waals surface area contributed by atoms with Gasteiger partial charge in [-0.1, -0.05) is 36.4 Å². The normalized spacial score (nSPS) is 19.5. The molecule has 0 bridgehead atoms. The van der Waals surface area contributed by atoms with E-state index < -0.39 is 6.04 Å². The Labute approximate surface area is 192 Å². The molecule has 3 aromatic carbocycles. The first kappa shape index (κ1) is 20.9. The first-order chi connectivity index (χ1) is 16.1. The summed E-state index contributed by atoms with van der Waals surface area (Å²) in [7, 11) is 3.16. The van der Waals surface area contributed by atoms with Gasteiger partial charge in [0.25, 0.3) is 0 Å². The third-order valence-corrected chi connectivity index (χ3v) is 6.44. The number of ether oxygens (including phenoxy) is 2. The summed E-state index contributed by atoms with van der Waals surface area (Å²) in [6, 6.07) is 20.6. The molecular formula is C27H26N2O4. The summed E-state index contributed by atoms with van der Waals surface area (Å²) >= 11 is 0. The maximum Gasteiger partial charge on any atom is 0.163 e. The lowest BCUT2D eigenvalue weighted by Crippen LogP contribution is -2.27. The van der Waals surface area contributed by atoms with E-state index in [1.165, 1.54) is 7.11 Å². The molecule has 3 N–H and O–H groups in total. The number of para-hydroxylation sites is 3. The largest absolute Gasteiger partial charge is 0.504 e. The van der Waals surface area contributed by atoms with Crippen LogP contribution < -0.4 is 20.1 Å². The Kier molecular flexibility index (Phi) is 5.42. The molecule has 5 rings (SSSR count). The fourth-order valence-electron chi connectivity index (χ4n) is 4.79. The van der Waals surface area contributed by atoms with Crippen LogP contribution in [-0.2, 0) is 4.79 Å². The Hall–Kier alpha value is -3.93. The van der Waals surface area contributed by atoms with Crippen molar-refractivity contribution in [2.24, 2.45) is 0 Å². The average Bonchev–Trinajstić information content (AvgIpc) is 3.01. The molecular weight excluding hydrogens is 416 g/mol. The average molecular weight is 443 g/mol. The van der Waals surface area contributed by atoms with Crippen molar-refractivity contribution in [3.05, 3.63) is 89.1 Å². The lowest BCUT2D eigenvalue weighted by molar-refractivity contribution is -0.116. The summed E-state index contributed by atoms with van der Waals surface area (Å²) in [6.45, 7) is 0. The van der Waals surface area contributed by atoms with E-state index in [0.717, 1.165) is 28.4 Å². The van der Waals surface area contributed by atoms with Gasteiger partial charge in [0.2, 0.25) is 0 Å². The van der Waals surface area contributed by atoms with E-state index in [9.17, 15) is 9.90 Å². The summed E-state index contributed by atoms with van der Waals surface area (Å²) in [4.78, 5) is 13.6. The van der Waals surface area contributed by atoms with E-state index in [4.69, 9.17) is 9.47 Å². The van der Waals surface area contributed by atoms with E-state index in [2.05, 4.69) is 10.6 Å². The first-order valence-electron chi connectivity index (χ1n) is 11.0.